The molecular weight excluding hydrogens is 350 g/mol. The van der Waals surface area contributed by atoms with Gasteiger partial charge in [0.15, 0.2) is 11.7 Å². The molecule has 0 radical (unpaired) electrons. The van der Waals surface area contributed by atoms with Crippen molar-refractivity contribution in [3.05, 3.63) is 38.9 Å². The summed E-state index contributed by atoms with van der Waals surface area (Å²) in [5, 5.41) is 22.7. The second-order valence-corrected chi connectivity index (χ2v) is 5.85. The van der Waals surface area contributed by atoms with E-state index < -0.39 is 28.2 Å². The maximum absolute atomic E-state index is 12.4. The summed E-state index contributed by atoms with van der Waals surface area (Å²) >= 11 is 5.69. The summed E-state index contributed by atoms with van der Waals surface area (Å²) in [5.74, 6) is -3.42. The fraction of sp³-hybridized carbons (Fsp3) is 0.438. The van der Waals surface area contributed by atoms with Crippen molar-refractivity contribution in [3.63, 3.8) is 0 Å². The van der Waals surface area contributed by atoms with Gasteiger partial charge >= 0.3 is 0 Å². The zero-order valence-electron chi connectivity index (χ0n) is 13.8. The van der Waals surface area contributed by atoms with Gasteiger partial charge in [0.2, 0.25) is 5.91 Å². The highest BCUT2D eigenvalue weighted by Gasteiger charge is 2.32. The summed E-state index contributed by atoms with van der Waals surface area (Å²) in [6.45, 7) is 4.40. The van der Waals surface area contributed by atoms with Crippen molar-refractivity contribution in [1.82, 2.24) is 5.32 Å². The van der Waals surface area contributed by atoms with Crippen molar-refractivity contribution >= 4 is 29.0 Å². The van der Waals surface area contributed by atoms with Crippen LogP contribution in [0.1, 0.15) is 30.6 Å². The van der Waals surface area contributed by atoms with Crippen LogP contribution in [0, 0.1) is 27.4 Å². The summed E-state index contributed by atoms with van der Waals surface area (Å²) in [6, 6.07) is 5.02. The number of Topliss-reactive ketones (excluding diaryl/α,β-unsaturated/α-hetero) is 1. The van der Waals surface area contributed by atoms with Crippen LogP contribution in [0.15, 0.2) is 18.2 Å². The number of halogens is 1. The van der Waals surface area contributed by atoms with Crippen LogP contribution < -0.4 is 5.32 Å². The zero-order chi connectivity index (χ0) is 19.0. The van der Waals surface area contributed by atoms with E-state index in [0.717, 1.165) is 12.1 Å². The van der Waals surface area contributed by atoms with Crippen molar-refractivity contribution in [2.75, 3.05) is 13.2 Å². The Balaban J connectivity index is 2.80. The fourth-order valence-electron chi connectivity index (χ4n) is 1.96. The molecule has 8 nitrogen and oxygen atoms in total. The van der Waals surface area contributed by atoms with Crippen LogP contribution in [0.25, 0.3) is 0 Å². The molecule has 1 N–H and O–H groups in total. The Kier molecular flexibility index (Phi) is 7.98. The quantitative estimate of drug-likeness (QED) is 0.235. The summed E-state index contributed by atoms with van der Waals surface area (Å²) in [4.78, 5) is 34.7. The van der Waals surface area contributed by atoms with E-state index in [1.807, 2.05) is 13.8 Å². The molecule has 9 heteroatoms. The van der Waals surface area contributed by atoms with Crippen molar-refractivity contribution < 1.29 is 19.2 Å². The van der Waals surface area contributed by atoms with E-state index in [0.29, 0.717) is 13.0 Å². The van der Waals surface area contributed by atoms with Gasteiger partial charge in [0.05, 0.1) is 22.7 Å². The maximum Gasteiger partial charge on any atom is 0.281 e. The second kappa shape index (κ2) is 9.71. The minimum atomic E-state index is -1.68. The Morgan fingerprint density at radius 1 is 1.44 bits per heavy atom. The Labute approximate surface area is 149 Å². The molecule has 0 aromatic heterocycles. The number of nitro benzene ring substituents is 1. The summed E-state index contributed by atoms with van der Waals surface area (Å²) in [5.41, 5.74) is -0.880. The van der Waals surface area contributed by atoms with Crippen LogP contribution in [-0.4, -0.2) is 35.9 Å². The molecule has 1 aromatic carbocycles. The number of ether oxygens (including phenoxy) is 1. The van der Waals surface area contributed by atoms with Crippen molar-refractivity contribution in [3.8, 4) is 6.07 Å². The van der Waals surface area contributed by atoms with Gasteiger partial charge in [0, 0.05) is 24.2 Å². The van der Waals surface area contributed by atoms with Gasteiger partial charge in [-0.15, -0.1) is 0 Å². The van der Waals surface area contributed by atoms with E-state index >= 15 is 0 Å². The first-order valence-electron chi connectivity index (χ1n) is 7.55. The molecule has 1 unspecified atom stereocenters. The van der Waals surface area contributed by atoms with E-state index in [-0.39, 0.29) is 23.2 Å². The molecule has 0 saturated heterocycles. The van der Waals surface area contributed by atoms with Crippen LogP contribution in [0.2, 0.25) is 5.02 Å². The number of hydrogen-bond donors (Lipinski definition) is 1. The number of amides is 1. The molecule has 0 heterocycles. The van der Waals surface area contributed by atoms with Gasteiger partial charge in [-0.25, -0.2) is 0 Å². The molecule has 0 bridgehead atoms. The number of nitriles is 1. The molecule has 0 aliphatic carbocycles. The van der Waals surface area contributed by atoms with Crippen molar-refractivity contribution in [2.24, 2.45) is 5.92 Å². The maximum atomic E-state index is 12.4. The largest absolute Gasteiger partial charge is 0.379 e. The van der Waals surface area contributed by atoms with Crippen LogP contribution >= 0.6 is 11.6 Å². The lowest BCUT2D eigenvalue weighted by Gasteiger charge is -2.11. The van der Waals surface area contributed by atoms with Gasteiger partial charge in [-0.2, -0.15) is 5.26 Å². The third-order valence-corrected chi connectivity index (χ3v) is 3.38. The van der Waals surface area contributed by atoms with Gasteiger partial charge < -0.3 is 10.1 Å². The second-order valence-electron chi connectivity index (χ2n) is 5.41. The Hall–Kier alpha value is -2.50. The number of nitro groups is 1. The fourth-order valence-corrected chi connectivity index (χ4v) is 2.13. The molecular formula is C16H18ClN3O5. The molecule has 0 aliphatic heterocycles. The van der Waals surface area contributed by atoms with E-state index in [1.165, 1.54) is 6.07 Å². The lowest BCUT2D eigenvalue weighted by Crippen LogP contribution is -2.35. The summed E-state index contributed by atoms with van der Waals surface area (Å²) in [7, 11) is 0. The highest BCUT2D eigenvalue weighted by molar-refractivity contribution is 6.31. The van der Waals surface area contributed by atoms with Gasteiger partial charge in [-0.05, 0) is 32.4 Å². The molecule has 25 heavy (non-hydrogen) atoms. The molecule has 134 valence electrons. The Bertz CT molecular complexity index is 700. The number of carbonyl (C=O) groups excluding carboxylic acids is 2. The van der Waals surface area contributed by atoms with Crippen molar-refractivity contribution in [1.29, 1.82) is 5.26 Å². The predicted octanol–water partition coefficient (Wildman–Crippen LogP) is 2.50. The van der Waals surface area contributed by atoms with Crippen LogP contribution in [0.5, 0.6) is 0 Å². The topological polar surface area (TPSA) is 122 Å². The number of nitrogens with zero attached hydrogens (tertiary/aromatic N) is 2. The zero-order valence-corrected chi connectivity index (χ0v) is 14.6. The monoisotopic (exact) mass is 367 g/mol. The molecule has 0 saturated carbocycles. The highest BCUT2D eigenvalue weighted by Crippen LogP contribution is 2.25. The number of benzene rings is 1. The van der Waals surface area contributed by atoms with Crippen molar-refractivity contribution in [2.45, 2.75) is 26.4 Å². The molecule has 0 fully saturated rings. The average molecular weight is 368 g/mol. The lowest BCUT2D eigenvalue weighted by molar-refractivity contribution is -0.385. The minimum absolute atomic E-state index is 0.0644. The molecule has 0 aliphatic rings. The molecule has 1 rings (SSSR count). The number of hydrogen-bond acceptors (Lipinski definition) is 6. The SMILES string of the molecule is CC(C)OCCCNC(=O)C(C#N)C(=O)c1ccc(Cl)cc1[N+](=O)[O-]. The van der Waals surface area contributed by atoms with Crippen LogP contribution in [0.4, 0.5) is 5.69 Å². The van der Waals surface area contributed by atoms with E-state index in [9.17, 15) is 19.7 Å². The first-order chi connectivity index (χ1) is 11.8. The minimum Gasteiger partial charge on any atom is -0.379 e. The molecule has 1 amide bonds. The van der Waals surface area contributed by atoms with E-state index in [2.05, 4.69) is 5.32 Å². The average Bonchev–Trinajstić information content (AvgIpc) is 2.54. The normalized spacial score (nSPS) is 11.6. The van der Waals surface area contributed by atoms with Gasteiger partial charge in [0.25, 0.3) is 5.69 Å². The van der Waals surface area contributed by atoms with E-state index in [4.69, 9.17) is 21.6 Å². The highest BCUT2D eigenvalue weighted by atomic mass is 35.5. The summed E-state index contributed by atoms with van der Waals surface area (Å²) in [6.07, 6.45) is 0.576. The number of nitrogens with one attached hydrogen (secondary N) is 1. The van der Waals surface area contributed by atoms with E-state index in [1.54, 1.807) is 6.07 Å². The summed E-state index contributed by atoms with van der Waals surface area (Å²) < 4.78 is 5.31. The first kappa shape index (κ1) is 20.5. The van der Waals surface area contributed by atoms with Gasteiger partial charge in [-0.3, -0.25) is 19.7 Å². The number of carbonyl (C=O) groups is 2. The molecule has 1 atom stereocenters. The van der Waals surface area contributed by atoms with Crippen LogP contribution in [-0.2, 0) is 9.53 Å². The third-order valence-electron chi connectivity index (χ3n) is 3.15. The Morgan fingerprint density at radius 2 is 2.12 bits per heavy atom. The third kappa shape index (κ3) is 6.14. The van der Waals surface area contributed by atoms with Gasteiger partial charge in [-0.1, -0.05) is 11.6 Å². The number of ketones is 1. The Morgan fingerprint density at radius 3 is 2.68 bits per heavy atom. The molecule has 0 spiro atoms. The molecule has 1 aromatic rings. The predicted molar refractivity (Wildman–Crippen MR) is 90.3 cm³/mol. The van der Waals surface area contributed by atoms with Gasteiger partial charge in [0.1, 0.15) is 0 Å². The van der Waals surface area contributed by atoms with Crippen LogP contribution in [0.3, 0.4) is 0 Å². The smallest absolute Gasteiger partial charge is 0.281 e. The standard InChI is InChI=1S/C16H18ClN3O5/c1-10(2)25-7-3-6-19-16(22)13(9-18)15(21)12-5-4-11(17)8-14(12)20(23)24/h4-5,8,10,13H,3,6-7H2,1-2H3,(H,19,22). The number of rotatable bonds is 9. The first-order valence-corrected chi connectivity index (χ1v) is 7.92. The lowest BCUT2D eigenvalue weighted by atomic mass is 9.96.